The number of halogens is 1. The number of alkyl carbamates (subject to hydrolysis) is 1. The topological polar surface area (TPSA) is 91.7 Å². The Bertz CT molecular complexity index is 517. The molecular weight excluding hydrogens is 308 g/mol. The van der Waals surface area contributed by atoms with Gasteiger partial charge in [-0.3, -0.25) is 0 Å². The first-order valence-corrected chi connectivity index (χ1v) is 7.43. The third-order valence-corrected chi connectivity index (χ3v) is 3.25. The molecule has 2 unspecified atom stereocenters. The SMILES string of the molecule is Cc1cc(C(O)C(O)CCNC(=O)OC(C)(C)C)cnc1Cl. The summed E-state index contributed by atoms with van der Waals surface area (Å²) in [5, 5.41) is 22.9. The number of rotatable bonds is 5. The maximum atomic E-state index is 11.5. The first-order valence-electron chi connectivity index (χ1n) is 7.05. The van der Waals surface area contributed by atoms with Crippen molar-refractivity contribution < 1.29 is 19.7 Å². The fourth-order valence-electron chi connectivity index (χ4n) is 1.76. The molecule has 0 saturated carbocycles. The van der Waals surface area contributed by atoms with Crippen molar-refractivity contribution in [1.29, 1.82) is 0 Å². The maximum Gasteiger partial charge on any atom is 0.407 e. The van der Waals surface area contributed by atoms with Crippen molar-refractivity contribution in [3.8, 4) is 0 Å². The van der Waals surface area contributed by atoms with Crippen molar-refractivity contribution in [2.24, 2.45) is 0 Å². The van der Waals surface area contributed by atoms with Crippen LogP contribution in [-0.2, 0) is 4.74 Å². The van der Waals surface area contributed by atoms with Gasteiger partial charge in [0.15, 0.2) is 0 Å². The monoisotopic (exact) mass is 330 g/mol. The van der Waals surface area contributed by atoms with E-state index in [-0.39, 0.29) is 13.0 Å². The third-order valence-electron chi connectivity index (χ3n) is 2.85. The van der Waals surface area contributed by atoms with Crippen LogP contribution in [0.2, 0.25) is 5.15 Å². The van der Waals surface area contributed by atoms with Gasteiger partial charge in [0, 0.05) is 18.3 Å². The number of carbonyl (C=O) groups is 1. The zero-order valence-electron chi connectivity index (χ0n) is 13.3. The summed E-state index contributed by atoms with van der Waals surface area (Å²) in [5.41, 5.74) is 0.623. The molecule has 124 valence electrons. The van der Waals surface area contributed by atoms with Gasteiger partial charge in [0.2, 0.25) is 0 Å². The lowest BCUT2D eigenvalue weighted by atomic mass is 10.0. The van der Waals surface area contributed by atoms with Crippen LogP contribution in [0.25, 0.3) is 0 Å². The van der Waals surface area contributed by atoms with Crippen LogP contribution in [0.5, 0.6) is 0 Å². The summed E-state index contributed by atoms with van der Waals surface area (Å²) >= 11 is 5.82. The highest BCUT2D eigenvalue weighted by Gasteiger charge is 2.20. The van der Waals surface area contributed by atoms with Crippen molar-refractivity contribution in [1.82, 2.24) is 10.3 Å². The second-order valence-electron chi connectivity index (χ2n) is 6.11. The molecule has 0 radical (unpaired) electrons. The van der Waals surface area contributed by atoms with Gasteiger partial charge < -0.3 is 20.3 Å². The van der Waals surface area contributed by atoms with Crippen LogP contribution >= 0.6 is 11.6 Å². The molecular formula is C15H23ClN2O4. The van der Waals surface area contributed by atoms with E-state index in [1.807, 2.05) is 0 Å². The second kappa shape index (κ2) is 7.76. The van der Waals surface area contributed by atoms with E-state index >= 15 is 0 Å². The van der Waals surface area contributed by atoms with Gasteiger partial charge in [0.1, 0.15) is 16.9 Å². The van der Waals surface area contributed by atoms with E-state index in [0.717, 1.165) is 5.56 Å². The van der Waals surface area contributed by atoms with Gasteiger partial charge in [-0.25, -0.2) is 9.78 Å². The molecule has 2 atom stereocenters. The van der Waals surface area contributed by atoms with Crippen molar-refractivity contribution in [3.63, 3.8) is 0 Å². The van der Waals surface area contributed by atoms with Gasteiger partial charge in [-0.2, -0.15) is 0 Å². The standard InChI is InChI=1S/C15H23ClN2O4/c1-9-7-10(8-18-13(9)16)12(20)11(19)5-6-17-14(21)22-15(2,3)4/h7-8,11-12,19-20H,5-6H2,1-4H3,(H,17,21). The molecule has 0 bridgehead atoms. The number of nitrogens with zero attached hydrogens (tertiary/aromatic N) is 1. The lowest BCUT2D eigenvalue weighted by molar-refractivity contribution is 0.0121. The lowest BCUT2D eigenvalue weighted by Crippen LogP contribution is -2.34. The largest absolute Gasteiger partial charge is 0.444 e. The molecule has 1 rings (SSSR count). The fraction of sp³-hybridized carbons (Fsp3) is 0.600. The maximum absolute atomic E-state index is 11.5. The molecule has 0 aromatic carbocycles. The normalized spacial score (nSPS) is 14.3. The van der Waals surface area contributed by atoms with E-state index in [4.69, 9.17) is 16.3 Å². The zero-order chi connectivity index (χ0) is 16.9. The van der Waals surface area contributed by atoms with Crippen LogP contribution in [0, 0.1) is 6.92 Å². The Hall–Kier alpha value is -1.37. The molecule has 0 aliphatic rings. The molecule has 22 heavy (non-hydrogen) atoms. The number of amides is 1. The lowest BCUT2D eigenvalue weighted by Gasteiger charge is -2.21. The summed E-state index contributed by atoms with van der Waals surface area (Å²) in [6.07, 6.45) is -1.08. The number of aromatic nitrogens is 1. The molecule has 0 fully saturated rings. The highest BCUT2D eigenvalue weighted by atomic mass is 35.5. The predicted octanol–water partition coefficient (Wildman–Crippen LogP) is 2.35. The summed E-state index contributed by atoms with van der Waals surface area (Å²) in [4.78, 5) is 15.4. The minimum absolute atomic E-state index is 0.183. The molecule has 0 spiro atoms. The number of ether oxygens (including phenoxy) is 1. The van der Waals surface area contributed by atoms with E-state index in [0.29, 0.717) is 10.7 Å². The number of carbonyl (C=O) groups excluding carboxylic acids is 1. The first-order chi connectivity index (χ1) is 10.1. The van der Waals surface area contributed by atoms with Crippen molar-refractivity contribution in [3.05, 3.63) is 28.5 Å². The minimum Gasteiger partial charge on any atom is -0.444 e. The van der Waals surface area contributed by atoms with E-state index in [1.54, 1.807) is 33.8 Å². The Morgan fingerprint density at radius 2 is 2.09 bits per heavy atom. The van der Waals surface area contributed by atoms with Crippen LogP contribution < -0.4 is 5.32 Å². The molecule has 1 aromatic heterocycles. The highest BCUT2D eigenvalue weighted by Crippen LogP contribution is 2.21. The third kappa shape index (κ3) is 6.17. The number of aliphatic hydroxyl groups excluding tert-OH is 2. The van der Waals surface area contributed by atoms with Crippen molar-refractivity contribution >= 4 is 17.7 Å². The van der Waals surface area contributed by atoms with E-state index in [2.05, 4.69) is 10.3 Å². The molecule has 1 heterocycles. The Kier molecular flexibility index (Phi) is 6.59. The summed E-state index contributed by atoms with van der Waals surface area (Å²) in [7, 11) is 0. The summed E-state index contributed by atoms with van der Waals surface area (Å²) < 4.78 is 5.07. The molecule has 0 saturated heterocycles. The molecule has 0 aliphatic heterocycles. The second-order valence-corrected chi connectivity index (χ2v) is 6.46. The van der Waals surface area contributed by atoms with E-state index in [1.165, 1.54) is 6.20 Å². The zero-order valence-corrected chi connectivity index (χ0v) is 14.0. The van der Waals surface area contributed by atoms with Crippen LogP contribution in [0.15, 0.2) is 12.3 Å². The number of aliphatic hydroxyl groups is 2. The van der Waals surface area contributed by atoms with Crippen LogP contribution in [0.1, 0.15) is 44.4 Å². The van der Waals surface area contributed by atoms with Gasteiger partial charge in [-0.1, -0.05) is 11.6 Å². The fourth-order valence-corrected chi connectivity index (χ4v) is 1.86. The first kappa shape index (κ1) is 18.7. The van der Waals surface area contributed by atoms with E-state index < -0.39 is 23.9 Å². The highest BCUT2D eigenvalue weighted by molar-refractivity contribution is 6.30. The van der Waals surface area contributed by atoms with Gasteiger partial charge >= 0.3 is 6.09 Å². The molecule has 1 aromatic rings. The van der Waals surface area contributed by atoms with Gasteiger partial charge in [0.25, 0.3) is 0 Å². The number of nitrogens with one attached hydrogen (secondary N) is 1. The Morgan fingerprint density at radius 1 is 1.45 bits per heavy atom. The van der Waals surface area contributed by atoms with E-state index in [9.17, 15) is 15.0 Å². The number of pyridine rings is 1. The summed E-state index contributed by atoms with van der Waals surface area (Å²) in [6.45, 7) is 7.25. The Morgan fingerprint density at radius 3 is 2.64 bits per heavy atom. The molecule has 6 nitrogen and oxygen atoms in total. The molecule has 7 heteroatoms. The number of hydrogen-bond donors (Lipinski definition) is 3. The smallest absolute Gasteiger partial charge is 0.407 e. The summed E-state index contributed by atoms with van der Waals surface area (Å²) in [6, 6.07) is 1.67. The van der Waals surface area contributed by atoms with Crippen LogP contribution in [0.3, 0.4) is 0 Å². The number of hydrogen-bond acceptors (Lipinski definition) is 5. The minimum atomic E-state index is -1.09. The molecule has 1 amide bonds. The van der Waals surface area contributed by atoms with Gasteiger partial charge in [-0.15, -0.1) is 0 Å². The average molecular weight is 331 g/mol. The predicted molar refractivity (Wildman–Crippen MR) is 83.8 cm³/mol. The van der Waals surface area contributed by atoms with Crippen molar-refractivity contribution in [2.45, 2.75) is 51.9 Å². The van der Waals surface area contributed by atoms with Gasteiger partial charge in [0.05, 0.1) is 6.10 Å². The van der Waals surface area contributed by atoms with Crippen LogP contribution in [-0.4, -0.2) is 39.5 Å². The Labute approximate surface area is 135 Å². The quantitative estimate of drug-likeness (QED) is 0.721. The average Bonchev–Trinajstić information content (AvgIpc) is 2.38. The summed E-state index contributed by atoms with van der Waals surface area (Å²) in [5.74, 6) is 0. The van der Waals surface area contributed by atoms with Gasteiger partial charge in [-0.05, 0) is 45.7 Å². The van der Waals surface area contributed by atoms with Crippen LogP contribution in [0.4, 0.5) is 4.79 Å². The Balaban J connectivity index is 2.46. The molecule has 3 N–H and O–H groups in total. The molecule has 0 aliphatic carbocycles. The van der Waals surface area contributed by atoms with Crippen molar-refractivity contribution in [2.75, 3.05) is 6.54 Å². The number of aryl methyl sites for hydroxylation is 1.